The molecular formula is C56H94NO8P. The van der Waals surface area contributed by atoms with Crippen LogP contribution in [0.3, 0.4) is 0 Å². The summed E-state index contributed by atoms with van der Waals surface area (Å²) in [5.41, 5.74) is 5.36. The van der Waals surface area contributed by atoms with Gasteiger partial charge in [-0.15, -0.1) is 0 Å². The highest BCUT2D eigenvalue weighted by Crippen LogP contribution is 2.43. The zero-order valence-electron chi connectivity index (χ0n) is 41.6. The number of carbonyl (C=O) groups excluding carboxylic acids is 2. The van der Waals surface area contributed by atoms with Crippen molar-refractivity contribution < 1.29 is 37.6 Å². The van der Waals surface area contributed by atoms with Crippen molar-refractivity contribution in [2.24, 2.45) is 5.73 Å². The molecule has 2 unspecified atom stereocenters. The van der Waals surface area contributed by atoms with Crippen LogP contribution in [0.15, 0.2) is 109 Å². The van der Waals surface area contributed by atoms with Crippen LogP contribution in [0.1, 0.15) is 200 Å². The predicted molar refractivity (Wildman–Crippen MR) is 279 cm³/mol. The van der Waals surface area contributed by atoms with E-state index in [-0.39, 0.29) is 32.6 Å². The van der Waals surface area contributed by atoms with Crippen molar-refractivity contribution in [2.45, 2.75) is 206 Å². The van der Waals surface area contributed by atoms with Gasteiger partial charge in [0.25, 0.3) is 0 Å². The first-order chi connectivity index (χ1) is 32.3. The lowest BCUT2D eigenvalue weighted by atomic mass is 10.1. The Balaban J connectivity index is 4.15. The second-order valence-electron chi connectivity index (χ2n) is 16.7. The molecule has 0 fully saturated rings. The molecule has 0 amide bonds. The van der Waals surface area contributed by atoms with E-state index in [9.17, 15) is 19.0 Å². The summed E-state index contributed by atoms with van der Waals surface area (Å²) in [4.78, 5) is 35.0. The molecule has 3 N–H and O–H groups in total. The van der Waals surface area contributed by atoms with E-state index in [0.717, 1.165) is 109 Å². The van der Waals surface area contributed by atoms with Gasteiger partial charge in [-0.1, -0.05) is 194 Å². The van der Waals surface area contributed by atoms with E-state index in [1.165, 1.54) is 51.4 Å². The second kappa shape index (κ2) is 51.1. The number of ether oxygens (including phenoxy) is 2. The third kappa shape index (κ3) is 50.1. The highest BCUT2D eigenvalue weighted by Gasteiger charge is 2.26. The maximum absolute atomic E-state index is 12.7. The van der Waals surface area contributed by atoms with Crippen molar-refractivity contribution in [2.75, 3.05) is 26.4 Å². The van der Waals surface area contributed by atoms with Crippen LogP contribution in [-0.4, -0.2) is 49.3 Å². The third-order valence-electron chi connectivity index (χ3n) is 10.4. The minimum absolute atomic E-state index is 0.0420. The molecule has 0 radical (unpaired) electrons. The van der Waals surface area contributed by atoms with Gasteiger partial charge in [0.05, 0.1) is 13.2 Å². The zero-order chi connectivity index (χ0) is 48.1. The normalized spacial score (nSPS) is 14.1. The van der Waals surface area contributed by atoms with E-state index in [1.54, 1.807) is 0 Å². The van der Waals surface area contributed by atoms with E-state index < -0.39 is 32.5 Å². The maximum Gasteiger partial charge on any atom is 0.472 e. The molecule has 376 valence electrons. The Kier molecular flexibility index (Phi) is 48.5. The molecule has 0 aliphatic heterocycles. The summed E-state index contributed by atoms with van der Waals surface area (Å²) in [5, 5.41) is 0. The zero-order valence-corrected chi connectivity index (χ0v) is 42.5. The fraction of sp³-hybridized carbons (Fsp3) is 0.643. The Bertz CT molecular complexity index is 1440. The average molecular weight is 940 g/mol. The minimum atomic E-state index is -4.40. The van der Waals surface area contributed by atoms with Gasteiger partial charge in [-0.25, -0.2) is 4.57 Å². The van der Waals surface area contributed by atoms with Gasteiger partial charge in [-0.2, -0.15) is 0 Å². The average Bonchev–Trinajstić information content (AvgIpc) is 3.31. The predicted octanol–water partition coefficient (Wildman–Crippen LogP) is 15.9. The number of esters is 2. The van der Waals surface area contributed by atoms with Crippen LogP contribution in [-0.2, 0) is 32.7 Å². The summed E-state index contributed by atoms with van der Waals surface area (Å²) in [5.74, 6) is -0.874. The Morgan fingerprint density at radius 1 is 0.470 bits per heavy atom. The van der Waals surface area contributed by atoms with Crippen molar-refractivity contribution in [3.8, 4) is 0 Å². The van der Waals surface area contributed by atoms with Gasteiger partial charge >= 0.3 is 19.8 Å². The molecule has 10 heteroatoms. The molecule has 0 spiro atoms. The largest absolute Gasteiger partial charge is 0.472 e. The van der Waals surface area contributed by atoms with Crippen molar-refractivity contribution in [1.82, 2.24) is 0 Å². The molecule has 0 aromatic heterocycles. The Labute approximate surface area is 403 Å². The quantitative estimate of drug-likeness (QED) is 0.0265. The number of nitrogens with two attached hydrogens (primary N) is 1. The Hall–Kier alpha value is -3.33. The van der Waals surface area contributed by atoms with Crippen LogP contribution < -0.4 is 5.73 Å². The van der Waals surface area contributed by atoms with Gasteiger partial charge in [0, 0.05) is 19.4 Å². The molecule has 0 rings (SSSR count). The van der Waals surface area contributed by atoms with Crippen molar-refractivity contribution in [3.63, 3.8) is 0 Å². The first-order valence-corrected chi connectivity index (χ1v) is 27.4. The van der Waals surface area contributed by atoms with E-state index in [4.69, 9.17) is 24.3 Å². The van der Waals surface area contributed by atoms with Gasteiger partial charge in [0.1, 0.15) is 6.61 Å². The number of hydrogen-bond donors (Lipinski definition) is 2. The lowest BCUT2D eigenvalue weighted by molar-refractivity contribution is -0.161. The highest BCUT2D eigenvalue weighted by molar-refractivity contribution is 7.47. The first-order valence-electron chi connectivity index (χ1n) is 25.9. The van der Waals surface area contributed by atoms with Crippen LogP contribution in [0.5, 0.6) is 0 Å². The summed E-state index contributed by atoms with van der Waals surface area (Å²) in [6, 6.07) is 0. The van der Waals surface area contributed by atoms with E-state index in [0.29, 0.717) is 12.8 Å². The van der Waals surface area contributed by atoms with Crippen LogP contribution in [0.2, 0.25) is 0 Å². The summed E-state index contributed by atoms with van der Waals surface area (Å²) in [7, 11) is -4.40. The molecule has 0 heterocycles. The summed E-state index contributed by atoms with van der Waals surface area (Å²) in [6.07, 6.45) is 68.4. The molecule has 66 heavy (non-hydrogen) atoms. The van der Waals surface area contributed by atoms with E-state index >= 15 is 0 Å². The number of unbranched alkanes of at least 4 members (excludes halogenated alkanes) is 16. The second-order valence-corrected chi connectivity index (χ2v) is 18.1. The van der Waals surface area contributed by atoms with Crippen molar-refractivity contribution >= 4 is 19.8 Å². The van der Waals surface area contributed by atoms with Gasteiger partial charge < -0.3 is 20.1 Å². The van der Waals surface area contributed by atoms with Crippen molar-refractivity contribution in [1.29, 1.82) is 0 Å². The number of hydrogen-bond acceptors (Lipinski definition) is 8. The minimum Gasteiger partial charge on any atom is -0.462 e. The molecule has 2 atom stereocenters. The third-order valence-corrected chi connectivity index (χ3v) is 11.4. The summed E-state index contributed by atoms with van der Waals surface area (Å²) >= 11 is 0. The first kappa shape index (κ1) is 62.7. The molecule has 0 saturated heterocycles. The van der Waals surface area contributed by atoms with Crippen LogP contribution in [0.4, 0.5) is 0 Å². The van der Waals surface area contributed by atoms with Gasteiger partial charge in [-0.3, -0.25) is 18.6 Å². The van der Waals surface area contributed by atoms with Crippen LogP contribution in [0, 0.1) is 0 Å². The molecule has 0 aliphatic rings. The standard InChI is InChI=1S/C56H94NO8P/c1-3-5-7-9-11-13-15-17-19-21-22-23-24-25-26-27-28-29-30-31-32-33-35-37-39-41-43-45-47-49-56(59)65-54(53-64-66(60,61)63-51-50-57)52-62-55(58)48-46-44-42-40-38-36-34-20-18-16-14-12-10-8-6-4-2/h5,7,11,13,17,19-20,22-23,25-26,28-29,31-32,34-35,37,54H,3-4,6,8-10,12,14-16,18,21,24,27,30,33,36,38-53,57H2,1-2H3,(H,60,61)/b7-5-,13-11-,19-17-,23-22-,26-25-,29-28-,32-31-,34-20-,37-35-. The molecule has 0 saturated carbocycles. The Morgan fingerprint density at radius 2 is 0.833 bits per heavy atom. The van der Waals surface area contributed by atoms with Gasteiger partial charge in [0.15, 0.2) is 6.10 Å². The number of phosphoric acid groups is 1. The number of carbonyl (C=O) groups is 2. The van der Waals surface area contributed by atoms with Gasteiger partial charge in [-0.05, 0) is 103 Å². The molecule has 0 aromatic carbocycles. The smallest absolute Gasteiger partial charge is 0.462 e. The molecule has 0 aliphatic carbocycles. The number of rotatable bonds is 47. The van der Waals surface area contributed by atoms with E-state index in [1.807, 2.05) is 0 Å². The Morgan fingerprint density at radius 3 is 1.26 bits per heavy atom. The maximum atomic E-state index is 12.7. The lowest BCUT2D eigenvalue weighted by Gasteiger charge is -2.19. The fourth-order valence-electron chi connectivity index (χ4n) is 6.59. The molecule has 0 bridgehead atoms. The van der Waals surface area contributed by atoms with Crippen molar-refractivity contribution in [3.05, 3.63) is 109 Å². The SMILES string of the molecule is CC/C=C\C/C=C\C/C=C\C/C=C\C/C=C\C/C=C\C/C=C\C/C=C\CCCCCCC(=O)OC(COC(=O)CCCCCCC/C=C\CCCCCCCCC)COP(=O)(O)OCCN. The fourth-order valence-corrected chi connectivity index (χ4v) is 7.35. The van der Waals surface area contributed by atoms with E-state index in [2.05, 4.69) is 123 Å². The monoisotopic (exact) mass is 940 g/mol. The summed E-state index contributed by atoms with van der Waals surface area (Å²) < 4.78 is 32.9. The summed E-state index contributed by atoms with van der Waals surface area (Å²) in [6.45, 7) is 3.57. The number of phosphoric ester groups is 1. The van der Waals surface area contributed by atoms with Crippen LogP contribution in [0.25, 0.3) is 0 Å². The molecule has 0 aromatic rings. The highest BCUT2D eigenvalue weighted by atomic mass is 31.2. The topological polar surface area (TPSA) is 134 Å². The number of allylic oxidation sites excluding steroid dienone is 18. The lowest BCUT2D eigenvalue weighted by Crippen LogP contribution is -2.29. The molecular weight excluding hydrogens is 846 g/mol. The van der Waals surface area contributed by atoms with Crippen LogP contribution >= 0.6 is 7.82 Å². The molecule has 9 nitrogen and oxygen atoms in total. The van der Waals surface area contributed by atoms with Gasteiger partial charge in [0.2, 0.25) is 0 Å².